The topological polar surface area (TPSA) is 38.5 Å². The number of ether oxygens (including phenoxy) is 1. The van der Waals surface area contributed by atoms with Gasteiger partial charge in [-0.15, -0.1) is 0 Å². The van der Waals surface area contributed by atoms with Crippen molar-refractivity contribution in [2.24, 2.45) is 11.8 Å². The van der Waals surface area contributed by atoms with E-state index in [1.54, 1.807) is 13.5 Å². The predicted molar refractivity (Wildman–Crippen MR) is 131 cm³/mol. The second kappa shape index (κ2) is 10.6. The van der Waals surface area contributed by atoms with Gasteiger partial charge in [-0.05, 0) is 80.1 Å². The fourth-order valence-electron chi connectivity index (χ4n) is 6.33. The molecule has 2 aromatic carbocycles. The van der Waals surface area contributed by atoms with Gasteiger partial charge in [0.25, 0.3) is 0 Å². The molecule has 0 radical (unpaired) electrons. The Morgan fingerprint density at radius 1 is 1.00 bits per heavy atom. The van der Waals surface area contributed by atoms with Gasteiger partial charge < -0.3 is 9.15 Å². The minimum absolute atomic E-state index is 0.338. The maximum Gasteiger partial charge on any atom is 0.180 e. The van der Waals surface area contributed by atoms with E-state index in [1.807, 2.05) is 6.20 Å². The first-order valence-corrected chi connectivity index (χ1v) is 12.6. The fourth-order valence-corrected chi connectivity index (χ4v) is 6.33. The van der Waals surface area contributed by atoms with Crippen LogP contribution in [0.15, 0.2) is 71.6 Å². The quantitative estimate of drug-likeness (QED) is 0.409. The van der Waals surface area contributed by atoms with Gasteiger partial charge in [-0.25, -0.2) is 4.98 Å². The van der Waals surface area contributed by atoms with Crippen LogP contribution in [0.5, 0.6) is 5.75 Å². The van der Waals surface area contributed by atoms with E-state index < -0.39 is 0 Å². The van der Waals surface area contributed by atoms with Gasteiger partial charge in [0.1, 0.15) is 11.5 Å². The Bertz CT molecular complexity index is 980. The summed E-state index contributed by atoms with van der Waals surface area (Å²) in [7, 11) is 1.78. The summed E-state index contributed by atoms with van der Waals surface area (Å²) >= 11 is 0. The van der Waals surface area contributed by atoms with E-state index in [2.05, 4.69) is 64.5 Å². The average Bonchev–Trinajstić information content (AvgIpc) is 3.40. The summed E-state index contributed by atoms with van der Waals surface area (Å²) in [6, 6.07) is 19.9. The molecule has 3 aromatic rings. The summed E-state index contributed by atoms with van der Waals surface area (Å²) in [5, 5.41) is 0. The maximum atomic E-state index is 5.93. The number of oxazole rings is 1. The zero-order chi connectivity index (χ0) is 22.5. The average molecular weight is 445 g/mol. The van der Waals surface area contributed by atoms with E-state index in [-0.39, 0.29) is 0 Å². The molecule has 1 aliphatic carbocycles. The molecule has 33 heavy (non-hydrogen) atoms. The third-order valence-corrected chi connectivity index (χ3v) is 7.88. The van der Waals surface area contributed by atoms with E-state index in [0.29, 0.717) is 17.9 Å². The van der Waals surface area contributed by atoms with Crippen LogP contribution in [0.3, 0.4) is 0 Å². The molecule has 1 aromatic heterocycles. The highest BCUT2D eigenvalue weighted by Gasteiger charge is 2.37. The molecule has 0 amide bonds. The monoisotopic (exact) mass is 444 g/mol. The minimum atomic E-state index is 0.338. The zero-order valence-corrected chi connectivity index (χ0v) is 19.7. The third kappa shape index (κ3) is 5.16. The van der Waals surface area contributed by atoms with Gasteiger partial charge >= 0.3 is 0 Å². The van der Waals surface area contributed by atoms with Crippen LogP contribution in [0.1, 0.15) is 67.4 Å². The van der Waals surface area contributed by atoms with Crippen molar-refractivity contribution in [2.45, 2.75) is 56.9 Å². The SMILES string of the molecule is COc1ccccc1C1CCN(C(c2cnco2)C2CCCC(Cc3ccccc3)C2)CC1. The molecule has 4 nitrogen and oxygen atoms in total. The van der Waals surface area contributed by atoms with Crippen LogP contribution >= 0.6 is 0 Å². The first-order valence-electron chi connectivity index (χ1n) is 12.6. The molecule has 2 heterocycles. The second-order valence-electron chi connectivity index (χ2n) is 9.88. The Kier molecular flexibility index (Phi) is 7.11. The molecule has 5 rings (SSSR count). The highest BCUT2D eigenvalue weighted by molar-refractivity contribution is 5.36. The van der Waals surface area contributed by atoms with Gasteiger partial charge in [-0.3, -0.25) is 4.90 Å². The lowest BCUT2D eigenvalue weighted by Crippen LogP contribution is -2.40. The van der Waals surface area contributed by atoms with Gasteiger partial charge in [0.15, 0.2) is 6.39 Å². The summed E-state index contributed by atoms with van der Waals surface area (Å²) in [5.74, 6) is 4.02. The summed E-state index contributed by atoms with van der Waals surface area (Å²) < 4.78 is 11.6. The van der Waals surface area contributed by atoms with Gasteiger partial charge in [-0.2, -0.15) is 0 Å². The number of benzene rings is 2. The van der Waals surface area contributed by atoms with Crippen LogP contribution in [-0.4, -0.2) is 30.1 Å². The molecule has 1 saturated carbocycles. The molecular formula is C29H36N2O2. The minimum Gasteiger partial charge on any atom is -0.496 e. The third-order valence-electron chi connectivity index (χ3n) is 7.88. The Labute approximate surface area is 198 Å². The molecule has 2 aliphatic rings. The summed E-state index contributed by atoms with van der Waals surface area (Å²) in [4.78, 5) is 6.98. The second-order valence-corrected chi connectivity index (χ2v) is 9.88. The molecule has 2 fully saturated rings. The smallest absolute Gasteiger partial charge is 0.180 e. The Morgan fingerprint density at radius 3 is 2.55 bits per heavy atom. The number of para-hydroxylation sites is 1. The van der Waals surface area contributed by atoms with Gasteiger partial charge in [0.2, 0.25) is 0 Å². The lowest BCUT2D eigenvalue weighted by atomic mass is 9.74. The number of methoxy groups -OCH3 is 1. The number of hydrogen-bond acceptors (Lipinski definition) is 4. The van der Waals surface area contributed by atoms with Crippen molar-refractivity contribution in [1.29, 1.82) is 0 Å². The van der Waals surface area contributed by atoms with Gasteiger partial charge in [-0.1, -0.05) is 61.4 Å². The van der Waals surface area contributed by atoms with Gasteiger partial charge in [0.05, 0.1) is 19.3 Å². The van der Waals surface area contributed by atoms with Crippen molar-refractivity contribution in [2.75, 3.05) is 20.2 Å². The molecule has 3 atom stereocenters. The molecule has 1 saturated heterocycles. The Balaban J connectivity index is 1.29. The molecular weight excluding hydrogens is 408 g/mol. The van der Waals surface area contributed by atoms with Crippen molar-refractivity contribution >= 4 is 0 Å². The fraction of sp³-hybridized carbons (Fsp3) is 0.483. The molecule has 3 unspecified atom stereocenters. The van der Waals surface area contributed by atoms with E-state index in [1.165, 1.54) is 43.2 Å². The largest absolute Gasteiger partial charge is 0.496 e. The normalized spacial score (nSPS) is 23.3. The van der Waals surface area contributed by atoms with Crippen molar-refractivity contribution < 1.29 is 9.15 Å². The van der Waals surface area contributed by atoms with E-state index in [9.17, 15) is 0 Å². The lowest BCUT2D eigenvalue weighted by molar-refractivity contribution is 0.0631. The van der Waals surface area contributed by atoms with Crippen molar-refractivity contribution in [3.8, 4) is 5.75 Å². The molecule has 1 aliphatic heterocycles. The van der Waals surface area contributed by atoms with Crippen molar-refractivity contribution in [1.82, 2.24) is 9.88 Å². The standard InChI is InChI=1S/C29H36N2O2/c1-32-27-13-6-5-12-26(27)24-14-16-31(17-15-24)29(28-20-30-21-33-28)25-11-7-10-23(19-25)18-22-8-3-2-4-9-22/h2-6,8-9,12-13,20-21,23-25,29H,7,10-11,14-19H2,1H3. The summed E-state index contributed by atoms with van der Waals surface area (Å²) in [5.41, 5.74) is 2.83. The van der Waals surface area contributed by atoms with E-state index >= 15 is 0 Å². The van der Waals surface area contributed by atoms with Crippen molar-refractivity contribution in [3.63, 3.8) is 0 Å². The number of rotatable bonds is 7. The van der Waals surface area contributed by atoms with Crippen LogP contribution < -0.4 is 4.74 Å². The number of hydrogen-bond donors (Lipinski definition) is 0. The first-order chi connectivity index (χ1) is 16.3. The van der Waals surface area contributed by atoms with Crippen LogP contribution in [0.2, 0.25) is 0 Å². The zero-order valence-electron chi connectivity index (χ0n) is 19.7. The first kappa shape index (κ1) is 22.2. The molecule has 0 N–H and O–H groups in total. The summed E-state index contributed by atoms with van der Waals surface area (Å²) in [6.07, 6.45) is 12.3. The lowest BCUT2D eigenvalue weighted by Gasteiger charge is -2.42. The Morgan fingerprint density at radius 2 is 1.79 bits per heavy atom. The highest BCUT2D eigenvalue weighted by atomic mass is 16.5. The molecule has 174 valence electrons. The number of nitrogens with zero attached hydrogens (tertiary/aromatic N) is 2. The van der Waals surface area contributed by atoms with E-state index in [4.69, 9.17) is 9.15 Å². The Hall–Kier alpha value is -2.59. The number of piperidine rings is 1. The maximum absolute atomic E-state index is 5.93. The van der Waals surface area contributed by atoms with Crippen molar-refractivity contribution in [3.05, 3.63) is 84.1 Å². The summed E-state index contributed by atoms with van der Waals surface area (Å²) in [6.45, 7) is 2.18. The predicted octanol–water partition coefficient (Wildman–Crippen LogP) is 6.65. The van der Waals surface area contributed by atoms with Crippen LogP contribution in [0.25, 0.3) is 0 Å². The molecule has 0 bridgehead atoms. The van der Waals surface area contributed by atoms with E-state index in [0.717, 1.165) is 43.4 Å². The number of likely N-dealkylation sites (tertiary alicyclic amines) is 1. The van der Waals surface area contributed by atoms with Crippen LogP contribution in [-0.2, 0) is 6.42 Å². The molecule has 4 heteroatoms. The highest BCUT2D eigenvalue weighted by Crippen LogP contribution is 2.44. The number of aromatic nitrogens is 1. The van der Waals surface area contributed by atoms with Crippen LogP contribution in [0, 0.1) is 11.8 Å². The van der Waals surface area contributed by atoms with Gasteiger partial charge in [0, 0.05) is 0 Å². The van der Waals surface area contributed by atoms with Crippen LogP contribution in [0.4, 0.5) is 0 Å². The molecule has 0 spiro atoms.